The topological polar surface area (TPSA) is 22.8 Å². The summed E-state index contributed by atoms with van der Waals surface area (Å²) in [5.74, 6) is 0.913. The smallest absolute Gasteiger partial charge is 0.138 e. The zero-order valence-corrected chi connectivity index (χ0v) is 23.9. The van der Waals surface area contributed by atoms with Crippen molar-refractivity contribution in [2.24, 2.45) is 0 Å². The molecule has 206 valence electrons. The van der Waals surface area contributed by atoms with Crippen molar-refractivity contribution in [2.45, 2.75) is 0 Å². The van der Waals surface area contributed by atoms with E-state index in [1.165, 1.54) is 43.7 Å². The van der Waals surface area contributed by atoms with Gasteiger partial charge in [-0.15, -0.1) is 0 Å². The van der Waals surface area contributed by atoms with Gasteiger partial charge in [0.2, 0.25) is 0 Å². The van der Waals surface area contributed by atoms with Gasteiger partial charge in [-0.05, 0) is 59.7 Å². The fraction of sp³-hybridized carbons (Fsp3) is 0. The van der Waals surface area contributed by atoms with Crippen LogP contribution in [0.25, 0.3) is 77.5 Å². The molecule has 3 aromatic heterocycles. The minimum absolute atomic E-state index is 0.913. The number of rotatable bonds is 4. The molecule has 0 atom stereocenters. The standard InChI is InChI=1S/C41H27N3/c1-3-13-28(14-4-1)30-17-11-18-31(27-30)43-35-22-9-7-19-32(35)40-37(43)25-26-38-41(40)33-20-8-10-23-36(33)44(38)39-24-12-21-34(42-39)29-15-5-2-6-16-29/h1-27H. The molecular formula is C41H27N3. The fourth-order valence-corrected chi connectivity index (χ4v) is 6.82. The lowest BCUT2D eigenvalue weighted by Gasteiger charge is -2.11. The van der Waals surface area contributed by atoms with Gasteiger partial charge in [-0.2, -0.15) is 0 Å². The van der Waals surface area contributed by atoms with Crippen molar-refractivity contribution >= 4 is 43.6 Å². The molecule has 3 heterocycles. The zero-order chi connectivity index (χ0) is 29.0. The monoisotopic (exact) mass is 561 g/mol. The first-order valence-electron chi connectivity index (χ1n) is 15.0. The Morgan fingerprint density at radius 3 is 1.61 bits per heavy atom. The van der Waals surface area contributed by atoms with Gasteiger partial charge in [-0.25, -0.2) is 4.98 Å². The molecule has 0 fully saturated rings. The number of benzene rings is 6. The molecule has 0 aliphatic rings. The summed E-state index contributed by atoms with van der Waals surface area (Å²) >= 11 is 0. The molecule has 0 bridgehead atoms. The Morgan fingerprint density at radius 1 is 0.364 bits per heavy atom. The van der Waals surface area contributed by atoms with Crippen molar-refractivity contribution in [3.05, 3.63) is 164 Å². The number of hydrogen-bond donors (Lipinski definition) is 0. The van der Waals surface area contributed by atoms with Crippen LogP contribution in [0.4, 0.5) is 0 Å². The van der Waals surface area contributed by atoms with Crippen LogP contribution in [0.2, 0.25) is 0 Å². The Morgan fingerprint density at radius 2 is 0.909 bits per heavy atom. The van der Waals surface area contributed by atoms with Crippen LogP contribution in [0, 0.1) is 0 Å². The van der Waals surface area contributed by atoms with E-state index in [9.17, 15) is 0 Å². The lowest BCUT2D eigenvalue weighted by molar-refractivity contribution is 1.08. The maximum Gasteiger partial charge on any atom is 0.138 e. The van der Waals surface area contributed by atoms with Gasteiger partial charge in [0, 0.05) is 32.8 Å². The van der Waals surface area contributed by atoms with E-state index in [-0.39, 0.29) is 0 Å². The van der Waals surface area contributed by atoms with E-state index in [4.69, 9.17) is 4.98 Å². The molecule has 3 nitrogen and oxygen atoms in total. The molecule has 0 spiro atoms. The molecule has 3 heteroatoms. The van der Waals surface area contributed by atoms with E-state index in [2.05, 4.69) is 167 Å². The largest absolute Gasteiger partial charge is 0.309 e. The Labute approximate surface area is 254 Å². The van der Waals surface area contributed by atoms with E-state index < -0.39 is 0 Å². The highest BCUT2D eigenvalue weighted by Crippen LogP contribution is 2.42. The molecule has 9 aromatic rings. The van der Waals surface area contributed by atoms with Crippen molar-refractivity contribution in [1.29, 1.82) is 0 Å². The minimum atomic E-state index is 0.913. The van der Waals surface area contributed by atoms with Crippen molar-refractivity contribution < 1.29 is 0 Å². The van der Waals surface area contributed by atoms with Gasteiger partial charge in [-0.1, -0.05) is 115 Å². The molecule has 0 N–H and O–H groups in total. The van der Waals surface area contributed by atoms with Gasteiger partial charge in [0.1, 0.15) is 5.82 Å². The van der Waals surface area contributed by atoms with E-state index in [0.717, 1.165) is 33.8 Å². The maximum atomic E-state index is 5.18. The molecule has 0 saturated carbocycles. The normalized spacial score (nSPS) is 11.6. The van der Waals surface area contributed by atoms with E-state index in [0.29, 0.717) is 0 Å². The van der Waals surface area contributed by atoms with Crippen LogP contribution in [0.3, 0.4) is 0 Å². The molecule has 0 amide bonds. The Bertz CT molecular complexity index is 2310. The number of para-hydroxylation sites is 2. The van der Waals surface area contributed by atoms with Crippen LogP contribution in [-0.4, -0.2) is 14.1 Å². The number of aromatic nitrogens is 3. The molecular weight excluding hydrogens is 534 g/mol. The van der Waals surface area contributed by atoms with Crippen molar-refractivity contribution in [3.63, 3.8) is 0 Å². The first kappa shape index (κ1) is 24.6. The second-order valence-electron chi connectivity index (χ2n) is 11.2. The lowest BCUT2D eigenvalue weighted by atomic mass is 10.0. The molecule has 0 saturated heterocycles. The van der Waals surface area contributed by atoms with Gasteiger partial charge >= 0.3 is 0 Å². The van der Waals surface area contributed by atoms with Crippen molar-refractivity contribution in [1.82, 2.24) is 14.1 Å². The van der Waals surface area contributed by atoms with Crippen LogP contribution in [0.5, 0.6) is 0 Å². The summed E-state index contributed by atoms with van der Waals surface area (Å²) in [6.45, 7) is 0. The summed E-state index contributed by atoms with van der Waals surface area (Å²) in [5, 5.41) is 4.98. The van der Waals surface area contributed by atoms with Gasteiger partial charge in [0.15, 0.2) is 0 Å². The van der Waals surface area contributed by atoms with Gasteiger partial charge in [0.05, 0.1) is 27.8 Å². The van der Waals surface area contributed by atoms with E-state index in [1.807, 2.05) is 6.07 Å². The summed E-state index contributed by atoms with van der Waals surface area (Å²) in [6.07, 6.45) is 0. The van der Waals surface area contributed by atoms with Crippen LogP contribution < -0.4 is 0 Å². The molecule has 6 aromatic carbocycles. The quantitative estimate of drug-likeness (QED) is 0.210. The average molecular weight is 562 g/mol. The second kappa shape index (κ2) is 9.82. The summed E-state index contributed by atoms with van der Waals surface area (Å²) in [7, 11) is 0. The highest BCUT2D eigenvalue weighted by Gasteiger charge is 2.21. The third kappa shape index (κ3) is 3.73. The Kier molecular flexibility index (Phi) is 5.50. The average Bonchev–Trinajstić information content (AvgIpc) is 3.62. The summed E-state index contributed by atoms with van der Waals surface area (Å²) in [6, 6.07) is 58.2. The minimum Gasteiger partial charge on any atom is -0.309 e. The second-order valence-corrected chi connectivity index (χ2v) is 11.2. The Balaban J connectivity index is 1.35. The number of fused-ring (bicyclic) bond motifs is 7. The highest BCUT2D eigenvalue weighted by atomic mass is 15.1. The number of pyridine rings is 1. The third-order valence-corrected chi connectivity index (χ3v) is 8.72. The molecule has 0 aliphatic carbocycles. The highest BCUT2D eigenvalue weighted by molar-refractivity contribution is 6.28. The zero-order valence-electron chi connectivity index (χ0n) is 23.9. The maximum absolute atomic E-state index is 5.18. The van der Waals surface area contributed by atoms with Crippen LogP contribution in [0.15, 0.2) is 164 Å². The van der Waals surface area contributed by atoms with E-state index in [1.54, 1.807) is 0 Å². The fourth-order valence-electron chi connectivity index (χ4n) is 6.82. The molecule has 9 rings (SSSR count). The van der Waals surface area contributed by atoms with Gasteiger partial charge in [-0.3, -0.25) is 4.57 Å². The van der Waals surface area contributed by atoms with Gasteiger partial charge < -0.3 is 4.57 Å². The molecule has 44 heavy (non-hydrogen) atoms. The first-order chi connectivity index (χ1) is 21.8. The first-order valence-corrected chi connectivity index (χ1v) is 15.0. The molecule has 0 aliphatic heterocycles. The molecule has 0 radical (unpaired) electrons. The predicted molar refractivity (Wildman–Crippen MR) is 184 cm³/mol. The lowest BCUT2D eigenvalue weighted by Crippen LogP contribution is -1.98. The van der Waals surface area contributed by atoms with Crippen molar-refractivity contribution in [3.8, 4) is 33.9 Å². The van der Waals surface area contributed by atoms with Crippen LogP contribution in [-0.2, 0) is 0 Å². The van der Waals surface area contributed by atoms with Gasteiger partial charge in [0.25, 0.3) is 0 Å². The third-order valence-electron chi connectivity index (χ3n) is 8.72. The van der Waals surface area contributed by atoms with Crippen molar-refractivity contribution in [2.75, 3.05) is 0 Å². The summed E-state index contributed by atoms with van der Waals surface area (Å²) < 4.78 is 4.73. The van der Waals surface area contributed by atoms with E-state index >= 15 is 0 Å². The van der Waals surface area contributed by atoms with Crippen LogP contribution >= 0.6 is 0 Å². The number of nitrogens with zero attached hydrogens (tertiary/aromatic N) is 3. The number of hydrogen-bond acceptors (Lipinski definition) is 1. The summed E-state index contributed by atoms with van der Waals surface area (Å²) in [4.78, 5) is 5.18. The van der Waals surface area contributed by atoms with Crippen LogP contribution in [0.1, 0.15) is 0 Å². The summed E-state index contributed by atoms with van der Waals surface area (Å²) in [5.41, 5.74) is 10.3. The Hall–Kier alpha value is -5.93. The molecule has 0 unspecified atom stereocenters. The SMILES string of the molecule is c1ccc(-c2cccc(-n3c4ccccc4c4c5c6ccccc6n(-c6cccc(-c7ccccc7)n6)c5ccc43)c2)cc1. The predicted octanol–water partition coefficient (Wildman–Crippen LogP) is 10.6.